The van der Waals surface area contributed by atoms with Gasteiger partial charge in [-0.15, -0.1) is 4.74 Å². The average molecular weight is 250 g/mol. The zero-order chi connectivity index (χ0) is 12.3. The molecule has 2 rings (SSSR count). The third kappa shape index (κ3) is 2.70. The molecule has 0 saturated carbocycles. The normalized spacial score (nSPS) is 11.9. The molecule has 0 fully saturated rings. The number of hydrogen-bond acceptors (Lipinski definition) is 3. The van der Waals surface area contributed by atoms with E-state index in [2.05, 4.69) is 9.73 Å². The van der Waals surface area contributed by atoms with Crippen LogP contribution in [0.15, 0.2) is 35.2 Å². The van der Waals surface area contributed by atoms with Crippen LogP contribution in [0.1, 0.15) is 6.42 Å². The lowest BCUT2D eigenvalue weighted by molar-refractivity contribution is -0.152. The zero-order valence-electron chi connectivity index (χ0n) is 8.96. The molecule has 0 aliphatic heterocycles. The van der Waals surface area contributed by atoms with Crippen molar-refractivity contribution in [1.82, 2.24) is 4.98 Å². The van der Waals surface area contributed by atoms with Gasteiger partial charge in [0.15, 0.2) is 5.30 Å². The van der Waals surface area contributed by atoms with Gasteiger partial charge in [-0.3, -0.25) is 4.79 Å². The number of nitrogens with zero attached hydrogens (tertiary/aromatic N) is 1. The average Bonchev–Trinajstić information content (AvgIpc) is 2.72. The summed E-state index contributed by atoms with van der Waals surface area (Å²) >= 11 is 0. The summed E-state index contributed by atoms with van der Waals surface area (Å²) in [4.78, 5) is 25.2. The van der Waals surface area contributed by atoms with E-state index in [1.165, 1.54) is 0 Å². The van der Waals surface area contributed by atoms with Gasteiger partial charge >= 0.3 is 5.97 Å². The highest BCUT2D eigenvalue weighted by molar-refractivity contribution is 7.49. The lowest BCUT2D eigenvalue weighted by Gasteiger charge is -1.93. The molecule has 1 atom stereocenters. The summed E-state index contributed by atoms with van der Waals surface area (Å²) in [5.41, 5.74) is 0.902. The molecule has 0 bridgehead atoms. The number of benzene rings is 1. The van der Waals surface area contributed by atoms with Gasteiger partial charge in [0.25, 0.3) is 0 Å². The number of carbonyl (C=O) groups is 1. The molecule has 1 aromatic heterocycles. The number of H-pyrrole nitrogens is 1. The monoisotopic (exact) mass is 250 g/mol. The van der Waals surface area contributed by atoms with Gasteiger partial charge in [0.1, 0.15) is 0 Å². The Hall–Kier alpha value is -1.71. The number of rotatable bonds is 4. The van der Waals surface area contributed by atoms with Crippen LogP contribution in [0.2, 0.25) is 0 Å². The van der Waals surface area contributed by atoms with Crippen LogP contribution >= 0.6 is 7.94 Å². The summed E-state index contributed by atoms with van der Waals surface area (Å²) in [7, 11) is -1.89. The number of aliphatic carboxylic acids is 1. The van der Waals surface area contributed by atoms with Gasteiger partial charge in [0, 0.05) is 0 Å². The number of fused-ring (bicyclic) bond motifs is 1. The van der Waals surface area contributed by atoms with Gasteiger partial charge in [0.05, 0.1) is 30.1 Å². The molecule has 0 amide bonds. The first-order chi connectivity index (χ1) is 8.18. The molecule has 0 spiro atoms. The lowest BCUT2D eigenvalue weighted by Crippen LogP contribution is -2.04. The van der Waals surface area contributed by atoms with E-state index in [0.717, 1.165) is 10.9 Å². The molecule has 2 N–H and O–H groups in total. The van der Waals surface area contributed by atoms with Crippen molar-refractivity contribution in [2.45, 2.75) is 6.42 Å². The Bertz CT molecular complexity index is 577. The smallest absolute Gasteiger partial charge is 0.305 e. The van der Waals surface area contributed by atoms with E-state index in [0.29, 0.717) is 5.30 Å². The molecule has 1 heterocycles. The van der Waals surface area contributed by atoms with Crippen LogP contribution in [0.5, 0.6) is 0 Å². The van der Waals surface area contributed by atoms with Crippen LogP contribution in [-0.2, 0) is 4.79 Å². The minimum absolute atomic E-state index is 0.0735. The Morgan fingerprint density at radius 2 is 2.24 bits per heavy atom. The van der Waals surface area contributed by atoms with E-state index < -0.39 is 13.9 Å². The van der Waals surface area contributed by atoms with E-state index in [1.54, 1.807) is 6.20 Å². The Morgan fingerprint density at radius 1 is 1.47 bits per heavy atom. The van der Waals surface area contributed by atoms with E-state index in [1.807, 2.05) is 24.3 Å². The maximum Gasteiger partial charge on any atom is 0.305 e. The highest BCUT2D eigenvalue weighted by Crippen LogP contribution is 2.21. The summed E-state index contributed by atoms with van der Waals surface area (Å²) in [6.45, 7) is 0.0735. The number of para-hydroxylation sites is 1. The molecule has 88 valence electrons. The summed E-state index contributed by atoms with van der Waals surface area (Å²) in [6.07, 6.45) is 1.57. The van der Waals surface area contributed by atoms with E-state index in [4.69, 9.17) is 5.11 Å². The Morgan fingerprint density at radius 3 is 3.00 bits per heavy atom. The van der Waals surface area contributed by atoms with Crippen LogP contribution < -0.4 is 10.2 Å². The van der Waals surface area contributed by atoms with Crippen LogP contribution in [0.25, 0.3) is 10.9 Å². The fraction of sp³-hybridized carbons (Fsp3) is 0.182. The second kappa shape index (κ2) is 5.08. The van der Waals surface area contributed by atoms with Crippen molar-refractivity contribution in [2.24, 2.45) is 4.74 Å². The third-order valence-electron chi connectivity index (χ3n) is 2.33. The number of carboxylic acids is 1. The molecule has 1 unspecified atom stereocenters. The molecule has 5 nitrogen and oxygen atoms in total. The molecular formula is C11H11N2O3P. The van der Waals surface area contributed by atoms with Crippen molar-refractivity contribution in [3.63, 3.8) is 0 Å². The number of carboxylic acid groups (broad SMARTS) is 1. The quantitative estimate of drug-likeness (QED) is 0.799. The van der Waals surface area contributed by atoms with Crippen LogP contribution in [-0.4, -0.2) is 22.6 Å². The first-order valence-corrected chi connectivity index (χ1v) is 6.32. The van der Waals surface area contributed by atoms with Crippen LogP contribution in [0.3, 0.4) is 0 Å². The highest BCUT2D eigenvalue weighted by atomic mass is 31.1. The molecule has 17 heavy (non-hydrogen) atoms. The van der Waals surface area contributed by atoms with Crippen molar-refractivity contribution in [1.29, 1.82) is 0 Å². The standard InChI is InChI=1S/C11H11N2O3P/c14-11(15)5-6-13-17(16)10-7-12-9-4-2-1-3-8(9)10/h1-4,7,12H,5-6H2,(H,14,15). The second-order valence-corrected chi connectivity index (χ2v) is 4.81. The van der Waals surface area contributed by atoms with Crippen molar-refractivity contribution < 1.29 is 14.8 Å². The first kappa shape index (κ1) is 11.8. The molecule has 0 aliphatic carbocycles. The minimum Gasteiger partial charge on any atom is -0.607 e. The van der Waals surface area contributed by atoms with Crippen molar-refractivity contribution in [2.75, 3.05) is 6.54 Å². The van der Waals surface area contributed by atoms with Gasteiger partial charge in [-0.1, -0.05) is 12.1 Å². The SMILES string of the molecule is O=C(O)CC/N=[P+](\[O-])c1c[nH]c2ccccc12. The fourth-order valence-electron chi connectivity index (χ4n) is 1.53. The molecule has 1 aromatic carbocycles. The number of nitrogens with one attached hydrogen (secondary N) is 1. The van der Waals surface area contributed by atoms with Crippen molar-refractivity contribution in [3.8, 4) is 0 Å². The summed E-state index contributed by atoms with van der Waals surface area (Å²) in [5.74, 6) is -0.934. The van der Waals surface area contributed by atoms with Crippen LogP contribution in [0.4, 0.5) is 0 Å². The van der Waals surface area contributed by atoms with Gasteiger partial charge < -0.3 is 15.0 Å². The van der Waals surface area contributed by atoms with E-state index >= 15 is 0 Å². The molecule has 0 radical (unpaired) electrons. The van der Waals surface area contributed by atoms with Gasteiger partial charge in [-0.2, -0.15) is 0 Å². The topological polar surface area (TPSA) is 88.5 Å². The second-order valence-electron chi connectivity index (χ2n) is 3.50. The Balaban J connectivity index is 2.24. The predicted octanol–water partition coefficient (Wildman–Crippen LogP) is 1.21. The highest BCUT2D eigenvalue weighted by Gasteiger charge is 2.12. The Labute approximate surface area is 98.7 Å². The lowest BCUT2D eigenvalue weighted by atomic mass is 10.2. The molecule has 2 aromatic rings. The van der Waals surface area contributed by atoms with Crippen molar-refractivity contribution >= 4 is 30.1 Å². The number of aromatic nitrogens is 1. The Kier molecular flexibility index (Phi) is 3.52. The predicted molar refractivity (Wildman–Crippen MR) is 64.4 cm³/mol. The van der Waals surface area contributed by atoms with E-state index in [9.17, 15) is 9.69 Å². The molecule has 6 heteroatoms. The first-order valence-electron chi connectivity index (χ1n) is 5.11. The number of aromatic amines is 1. The third-order valence-corrected chi connectivity index (χ3v) is 3.57. The maximum absolute atomic E-state index is 11.9. The van der Waals surface area contributed by atoms with Crippen molar-refractivity contribution in [3.05, 3.63) is 30.5 Å². The number of hydrogen-bond donors (Lipinski definition) is 2. The summed E-state index contributed by atoms with van der Waals surface area (Å²) in [6, 6.07) is 7.50. The summed E-state index contributed by atoms with van der Waals surface area (Å²) in [5, 5.41) is 9.96. The largest absolute Gasteiger partial charge is 0.607 e. The maximum atomic E-state index is 11.9. The minimum atomic E-state index is -1.89. The zero-order valence-corrected chi connectivity index (χ0v) is 9.85. The van der Waals surface area contributed by atoms with Gasteiger partial charge in [-0.25, -0.2) is 0 Å². The van der Waals surface area contributed by atoms with Crippen LogP contribution in [0, 0.1) is 0 Å². The summed E-state index contributed by atoms with van der Waals surface area (Å²) < 4.78 is 3.87. The molecule has 0 aliphatic rings. The molecular weight excluding hydrogens is 239 g/mol. The van der Waals surface area contributed by atoms with Gasteiger partial charge in [-0.05, 0) is 12.1 Å². The van der Waals surface area contributed by atoms with Gasteiger partial charge in [0.2, 0.25) is 7.94 Å². The molecule has 0 saturated heterocycles. The van der Waals surface area contributed by atoms with E-state index in [-0.39, 0.29) is 13.0 Å². The fourth-order valence-corrected chi connectivity index (χ4v) is 2.54.